The van der Waals surface area contributed by atoms with E-state index in [-0.39, 0.29) is 23.8 Å². The minimum atomic E-state index is -0.0475. The van der Waals surface area contributed by atoms with E-state index in [9.17, 15) is 9.59 Å². The zero-order valence-corrected chi connectivity index (χ0v) is 15.4. The van der Waals surface area contributed by atoms with Gasteiger partial charge in [-0.05, 0) is 23.6 Å². The largest absolute Gasteiger partial charge is 0.340 e. The number of carbonyl (C=O) groups is 2. The lowest BCUT2D eigenvalue weighted by Crippen LogP contribution is -2.39. The number of fused-ring (bicyclic) bond motifs is 1. The number of rotatable bonds is 4. The Labute approximate surface area is 159 Å². The highest BCUT2D eigenvalue weighted by Gasteiger charge is 2.34. The lowest BCUT2D eigenvalue weighted by atomic mass is 9.95. The summed E-state index contributed by atoms with van der Waals surface area (Å²) in [4.78, 5) is 28.7. The molecule has 5 nitrogen and oxygen atoms in total. The van der Waals surface area contributed by atoms with Gasteiger partial charge in [0.2, 0.25) is 11.8 Å². The van der Waals surface area contributed by atoms with Crippen molar-refractivity contribution in [3.63, 3.8) is 0 Å². The Bertz CT molecular complexity index is 836. The van der Waals surface area contributed by atoms with Crippen molar-refractivity contribution in [1.29, 1.82) is 0 Å². The van der Waals surface area contributed by atoms with Crippen LogP contribution in [-0.4, -0.2) is 42.4 Å². The molecular weight excluding hydrogens is 338 g/mol. The molecule has 27 heavy (non-hydrogen) atoms. The van der Waals surface area contributed by atoms with Crippen LogP contribution in [0.15, 0.2) is 54.6 Å². The Kier molecular flexibility index (Phi) is 4.94. The normalized spacial score (nSPS) is 22.0. The number of likely N-dealkylation sites (tertiary alicyclic amines) is 1. The monoisotopic (exact) mass is 363 g/mol. The molecule has 0 unspecified atom stereocenters. The summed E-state index contributed by atoms with van der Waals surface area (Å²) in [6.07, 6.45) is 1.61. The summed E-state index contributed by atoms with van der Waals surface area (Å²) in [6, 6.07) is 18.0. The highest BCUT2D eigenvalue weighted by atomic mass is 16.2. The van der Waals surface area contributed by atoms with E-state index in [1.54, 1.807) is 4.90 Å². The minimum absolute atomic E-state index is 0.0475. The Balaban J connectivity index is 1.40. The number of benzene rings is 2. The zero-order valence-electron chi connectivity index (χ0n) is 15.4. The van der Waals surface area contributed by atoms with Crippen LogP contribution in [0.3, 0.4) is 0 Å². The van der Waals surface area contributed by atoms with Crippen LogP contribution in [-0.2, 0) is 16.0 Å². The van der Waals surface area contributed by atoms with Crippen LogP contribution in [0.1, 0.15) is 29.9 Å². The molecule has 1 saturated heterocycles. The molecule has 2 heterocycles. The van der Waals surface area contributed by atoms with Gasteiger partial charge in [-0.1, -0.05) is 48.5 Å². The highest BCUT2D eigenvalue weighted by molar-refractivity contribution is 5.97. The van der Waals surface area contributed by atoms with Gasteiger partial charge in [0.25, 0.3) is 0 Å². The molecule has 2 atom stereocenters. The molecule has 2 aliphatic heterocycles. The van der Waals surface area contributed by atoms with E-state index >= 15 is 0 Å². The van der Waals surface area contributed by atoms with Gasteiger partial charge >= 0.3 is 0 Å². The van der Waals surface area contributed by atoms with E-state index in [4.69, 9.17) is 5.73 Å². The van der Waals surface area contributed by atoms with Crippen LogP contribution < -0.4 is 10.6 Å². The number of carbonyl (C=O) groups excluding carboxylic acids is 2. The van der Waals surface area contributed by atoms with E-state index in [0.717, 1.165) is 12.1 Å². The summed E-state index contributed by atoms with van der Waals surface area (Å²) >= 11 is 0. The lowest BCUT2D eigenvalue weighted by molar-refractivity contribution is -0.130. The van der Waals surface area contributed by atoms with Gasteiger partial charge in [-0.25, -0.2) is 0 Å². The molecule has 0 aromatic heterocycles. The van der Waals surface area contributed by atoms with Crippen LogP contribution >= 0.6 is 0 Å². The van der Waals surface area contributed by atoms with Gasteiger partial charge in [0.05, 0.1) is 0 Å². The minimum Gasteiger partial charge on any atom is -0.340 e. The molecule has 4 rings (SSSR count). The predicted octanol–water partition coefficient (Wildman–Crippen LogP) is 2.31. The fraction of sp³-hybridized carbons (Fsp3) is 0.364. The molecular formula is C22H25N3O2. The van der Waals surface area contributed by atoms with Crippen molar-refractivity contribution in [3.05, 3.63) is 65.7 Å². The average molecular weight is 363 g/mol. The summed E-state index contributed by atoms with van der Waals surface area (Å²) in [5.41, 5.74) is 9.61. The van der Waals surface area contributed by atoms with E-state index in [2.05, 4.69) is 18.2 Å². The molecule has 5 heteroatoms. The van der Waals surface area contributed by atoms with E-state index in [1.807, 2.05) is 41.3 Å². The second-order valence-corrected chi connectivity index (χ2v) is 7.40. The molecule has 0 bridgehead atoms. The second-order valence-electron chi connectivity index (χ2n) is 7.40. The van der Waals surface area contributed by atoms with Crippen molar-refractivity contribution in [2.24, 2.45) is 5.73 Å². The average Bonchev–Trinajstić information content (AvgIpc) is 3.09. The van der Waals surface area contributed by atoms with Gasteiger partial charge in [0.15, 0.2) is 0 Å². The molecule has 0 aliphatic carbocycles. The van der Waals surface area contributed by atoms with E-state index in [0.29, 0.717) is 32.5 Å². The van der Waals surface area contributed by atoms with Crippen LogP contribution in [0.25, 0.3) is 0 Å². The fourth-order valence-electron chi connectivity index (χ4n) is 4.19. The standard InChI is InChI=1S/C22H25N3O2/c23-19-15-24(14-18(19)16-6-2-1-3-7-16)21(26)12-13-25-20-9-5-4-8-17(20)10-11-22(25)27/h1-9,18-19H,10-15,23H2/t18-,19+/m0/s1. The maximum Gasteiger partial charge on any atom is 0.227 e. The number of hydrogen-bond donors (Lipinski definition) is 1. The Morgan fingerprint density at radius 1 is 1.00 bits per heavy atom. The first-order valence-electron chi connectivity index (χ1n) is 9.60. The molecule has 0 saturated carbocycles. The first-order valence-corrected chi connectivity index (χ1v) is 9.60. The number of aryl methyl sites for hydroxylation is 1. The summed E-state index contributed by atoms with van der Waals surface area (Å²) in [6.45, 7) is 1.65. The van der Waals surface area contributed by atoms with Gasteiger partial charge in [0.1, 0.15) is 0 Å². The lowest BCUT2D eigenvalue weighted by Gasteiger charge is -2.29. The van der Waals surface area contributed by atoms with Crippen molar-refractivity contribution < 1.29 is 9.59 Å². The van der Waals surface area contributed by atoms with Crippen molar-refractivity contribution in [3.8, 4) is 0 Å². The van der Waals surface area contributed by atoms with Crippen LogP contribution in [0.2, 0.25) is 0 Å². The number of nitrogens with zero attached hydrogens (tertiary/aromatic N) is 2. The summed E-state index contributed by atoms with van der Waals surface area (Å²) in [7, 11) is 0. The molecule has 1 fully saturated rings. The third-order valence-corrected chi connectivity index (χ3v) is 5.69. The maximum atomic E-state index is 12.8. The van der Waals surface area contributed by atoms with Crippen molar-refractivity contribution >= 4 is 17.5 Å². The first kappa shape index (κ1) is 17.7. The van der Waals surface area contributed by atoms with Gasteiger partial charge in [-0.2, -0.15) is 0 Å². The molecule has 0 radical (unpaired) electrons. The van der Waals surface area contributed by atoms with Gasteiger partial charge in [0, 0.05) is 50.1 Å². The molecule has 2 N–H and O–H groups in total. The van der Waals surface area contributed by atoms with E-state index < -0.39 is 0 Å². The predicted molar refractivity (Wildman–Crippen MR) is 105 cm³/mol. The number of anilines is 1. The molecule has 0 spiro atoms. The summed E-state index contributed by atoms with van der Waals surface area (Å²) in [5, 5.41) is 0. The smallest absolute Gasteiger partial charge is 0.227 e. The maximum absolute atomic E-state index is 12.8. The van der Waals surface area contributed by atoms with Gasteiger partial charge in [-0.3, -0.25) is 9.59 Å². The number of para-hydroxylation sites is 1. The third kappa shape index (κ3) is 3.60. The van der Waals surface area contributed by atoms with Gasteiger partial charge in [-0.15, -0.1) is 0 Å². The van der Waals surface area contributed by atoms with Crippen molar-refractivity contribution in [2.45, 2.75) is 31.2 Å². The molecule has 2 aromatic carbocycles. The summed E-state index contributed by atoms with van der Waals surface area (Å²) in [5.74, 6) is 0.342. The Morgan fingerprint density at radius 2 is 1.74 bits per heavy atom. The topological polar surface area (TPSA) is 66.6 Å². The third-order valence-electron chi connectivity index (χ3n) is 5.69. The fourth-order valence-corrected chi connectivity index (χ4v) is 4.19. The molecule has 2 aliphatic rings. The van der Waals surface area contributed by atoms with Crippen LogP contribution in [0, 0.1) is 0 Å². The molecule has 2 amide bonds. The Hall–Kier alpha value is -2.66. The quantitative estimate of drug-likeness (QED) is 0.906. The second kappa shape index (κ2) is 7.53. The van der Waals surface area contributed by atoms with E-state index in [1.165, 1.54) is 11.1 Å². The molecule has 140 valence electrons. The first-order chi connectivity index (χ1) is 13.1. The number of nitrogens with two attached hydrogens (primary N) is 1. The number of amides is 2. The van der Waals surface area contributed by atoms with Crippen LogP contribution in [0.4, 0.5) is 5.69 Å². The highest BCUT2D eigenvalue weighted by Crippen LogP contribution is 2.29. The molecule has 2 aromatic rings. The SMILES string of the molecule is N[C@@H]1CN(C(=O)CCN2C(=O)CCc3ccccc32)C[C@H]1c1ccccc1. The van der Waals surface area contributed by atoms with Gasteiger partial charge < -0.3 is 15.5 Å². The Morgan fingerprint density at radius 3 is 2.56 bits per heavy atom. The van der Waals surface area contributed by atoms with Crippen LogP contribution in [0.5, 0.6) is 0 Å². The zero-order chi connectivity index (χ0) is 18.8. The van der Waals surface area contributed by atoms with Crippen molar-refractivity contribution in [1.82, 2.24) is 4.90 Å². The summed E-state index contributed by atoms with van der Waals surface area (Å²) < 4.78 is 0. The number of hydrogen-bond acceptors (Lipinski definition) is 3. The van der Waals surface area contributed by atoms with Crippen molar-refractivity contribution in [2.75, 3.05) is 24.5 Å².